The summed E-state index contributed by atoms with van der Waals surface area (Å²) in [6, 6.07) is 7.56. The second-order valence-electron chi connectivity index (χ2n) is 3.33. The third kappa shape index (κ3) is 2.22. The normalized spacial score (nSPS) is 10.3. The number of hydrazine groups is 1. The number of hydrogen-bond acceptors (Lipinski definition) is 2. The van der Waals surface area contributed by atoms with Crippen molar-refractivity contribution in [3.63, 3.8) is 0 Å². The molecule has 1 amide bonds. The predicted molar refractivity (Wildman–Crippen MR) is 65.1 cm³/mol. The monoisotopic (exact) mass is 297 g/mol. The van der Waals surface area contributed by atoms with E-state index in [4.69, 9.17) is 5.84 Å². The maximum Gasteiger partial charge on any atom is 0.282 e. The number of carbonyl (C=O) groups excluding carboxylic acids is 1. The third-order valence-corrected chi connectivity index (χ3v) is 2.92. The molecule has 6 heteroatoms. The van der Waals surface area contributed by atoms with E-state index in [1.165, 1.54) is 12.1 Å². The van der Waals surface area contributed by atoms with Gasteiger partial charge in [0, 0.05) is 10.7 Å². The van der Waals surface area contributed by atoms with Gasteiger partial charge in [-0.25, -0.2) is 10.2 Å². The summed E-state index contributed by atoms with van der Waals surface area (Å²) < 4.78 is 15.1. The number of benzene rings is 1. The molecule has 0 unspecified atom stereocenters. The quantitative estimate of drug-likeness (QED) is 0.506. The van der Waals surface area contributed by atoms with Gasteiger partial charge in [-0.3, -0.25) is 10.2 Å². The van der Waals surface area contributed by atoms with E-state index in [-0.39, 0.29) is 5.82 Å². The summed E-state index contributed by atoms with van der Waals surface area (Å²) in [6.45, 7) is 0. The topological polar surface area (TPSA) is 60.0 Å². The maximum absolute atomic E-state index is 13.0. The van der Waals surface area contributed by atoms with E-state index in [1.54, 1.807) is 29.0 Å². The molecule has 0 bridgehead atoms. The van der Waals surface area contributed by atoms with Gasteiger partial charge in [0.1, 0.15) is 11.5 Å². The smallest absolute Gasteiger partial charge is 0.282 e. The number of aromatic nitrogens is 1. The molecular weight excluding hydrogens is 289 g/mol. The molecule has 1 heterocycles. The minimum atomic E-state index is -0.411. The highest BCUT2D eigenvalue weighted by Gasteiger charge is 2.12. The van der Waals surface area contributed by atoms with Crippen LogP contribution in [0.15, 0.2) is 41.0 Å². The number of nitrogens with two attached hydrogens (primary N) is 1. The molecule has 0 spiro atoms. The van der Waals surface area contributed by atoms with Gasteiger partial charge in [-0.1, -0.05) is 0 Å². The van der Waals surface area contributed by atoms with Gasteiger partial charge in [0.05, 0.1) is 5.69 Å². The highest BCUT2D eigenvalue weighted by atomic mass is 79.9. The minimum absolute atomic E-state index is 0.349. The molecular formula is C11H9BrFN3O. The molecule has 4 nitrogen and oxygen atoms in total. The van der Waals surface area contributed by atoms with Crippen LogP contribution in [-0.2, 0) is 0 Å². The minimum Gasteiger partial charge on any atom is -0.311 e. The molecule has 1 aromatic heterocycles. The van der Waals surface area contributed by atoms with Crippen molar-refractivity contribution in [3.8, 4) is 5.69 Å². The fraction of sp³-hybridized carbons (Fsp3) is 0. The van der Waals surface area contributed by atoms with Crippen LogP contribution in [0.5, 0.6) is 0 Å². The molecule has 1 aromatic carbocycles. The predicted octanol–water partition coefficient (Wildman–Crippen LogP) is 1.98. The lowest BCUT2D eigenvalue weighted by Crippen LogP contribution is -2.31. The van der Waals surface area contributed by atoms with Crippen molar-refractivity contribution in [2.75, 3.05) is 0 Å². The SMILES string of the molecule is NNC(=O)c1cccn1-c1ccc(F)cc1Br. The fourth-order valence-electron chi connectivity index (χ4n) is 1.53. The van der Waals surface area contributed by atoms with Crippen LogP contribution in [0.3, 0.4) is 0 Å². The van der Waals surface area contributed by atoms with E-state index >= 15 is 0 Å². The summed E-state index contributed by atoms with van der Waals surface area (Å²) in [6.07, 6.45) is 1.70. The van der Waals surface area contributed by atoms with Gasteiger partial charge in [0.2, 0.25) is 0 Å². The first-order valence-corrected chi connectivity index (χ1v) is 5.56. The van der Waals surface area contributed by atoms with E-state index in [1.807, 2.05) is 0 Å². The second kappa shape index (κ2) is 4.68. The van der Waals surface area contributed by atoms with Gasteiger partial charge >= 0.3 is 0 Å². The van der Waals surface area contributed by atoms with Crippen molar-refractivity contribution in [1.29, 1.82) is 0 Å². The zero-order chi connectivity index (χ0) is 12.4. The standard InChI is InChI=1S/C11H9BrFN3O/c12-8-6-7(13)3-4-9(8)16-5-1-2-10(16)11(17)15-14/h1-6H,14H2,(H,15,17). The Labute approximate surface area is 105 Å². The number of rotatable bonds is 2. The van der Waals surface area contributed by atoms with E-state index in [0.717, 1.165) is 0 Å². The van der Waals surface area contributed by atoms with Gasteiger partial charge in [-0.2, -0.15) is 0 Å². The van der Waals surface area contributed by atoms with Gasteiger partial charge < -0.3 is 4.57 Å². The average molecular weight is 298 g/mol. The lowest BCUT2D eigenvalue weighted by atomic mass is 10.3. The highest BCUT2D eigenvalue weighted by molar-refractivity contribution is 9.10. The van der Waals surface area contributed by atoms with Crippen molar-refractivity contribution in [2.45, 2.75) is 0 Å². The Morgan fingerprint density at radius 1 is 1.41 bits per heavy atom. The van der Waals surface area contributed by atoms with Gasteiger partial charge in [-0.05, 0) is 46.3 Å². The Hall–Kier alpha value is -1.66. The van der Waals surface area contributed by atoms with Gasteiger partial charge in [0.25, 0.3) is 5.91 Å². The lowest BCUT2D eigenvalue weighted by molar-refractivity contribution is 0.0947. The summed E-state index contributed by atoms with van der Waals surface area (Å²) in [5.74, 6) is 4.33. The Balaban J connectivity index is 2.53. The van der Waals surface area contributed by atoms with E-state index < -0.39 is 5.91 Å². The number of halogens is 2. The highest BCUT2D eigenvalue weighted by Crippen LogP contribution is 2.23. The molecule has 0 radical (unpaired) electrons. The summed E-state index contributed by atoms with van der Waals surface area (Å²) in [5.41, 5.74) is 3.10. The summed E-state index contributed by atoms with van der Waals surface area (Å²) in [7, 11) is 0. The van der Waals surface area contributed by atoms with Crippen molar-refractivity contribution < 1.29 is 9.18 Å². The zero-order valence-corrected chi connectivity index (χ0v) is 10.2. The van der Waals surface area contributed by atoms with Crippen LogP contribution in [0.4, 0.5) is 4.39 Å². The number of nitrogens with zero attached hydrogens (tertiary/aromatic N) is 1. The third-order valence-electron chi connectivity index (χ3n) is 2.28. The van der Waals surface area contributed by atoms with E-state index in [0.29, 0.717) is 15.9 Å². The molecule has 88 valence electrons. The zero-order valence-electron chi connectivity index (χ0n) is 8.65. The lowest BCUT2D eigenvalue weighted by Gasteiger charge is -2.10. The molecule has 3 N–H and O–H groups in total. The van der Waals surface area contributed by atoms with E-state index in [2.05, 4.69) is 21.4 Å². The fourth-order valence-corrected chi connectivity index (χ4v) is 2.07. The number of amides is 1. The number of carbonyl (C=O) groups is 1. The Bertz CT molecular complexity index is 568. The van der Waals surface area contributed by atoms with Crippen molar-refractivity contribution >= 4 is 21.8 Å². The average Bonchev–Trinajstić information content (AvgIpc) is 2.77. The molecule has 0 aliphatic heterocycles. The van der Waals surface area contributed by atoms with Crippen LogP contribution in [0, 0.1) is 5.82 Å². The molecule has 0 aliphatic carbocycles. The Kier molecular flexibility index (Phi) is 3.26. The van der Waals surface area contributed by atoms with Gasteiger partial charge in [0.15, 0.2) is 0 Å². The molecule has 2 aromatic rings. The van der Waals surface area contributed by atoms with Gasteiger partial charge in [-0.15, -0.1) is 0 Å². The van der Waals surface area contributed by atoms with Crippen LogP contribution in [-0.4, -0.2) is 10.5 Å². The molecule has 2 rings (SSSR count). The first-order valence-electron chi connectivity index (χ1n) is 4.77. The maximum atomic E-state index is 13.0. The van der Waals surface area contributed by atoms with E-state index in [9.17, 15) is 9.18 Å². The second-order valence-corrected chi connectivity index (χ2v) is 4.19. The van der Waals surface area contributed by atoms with Crippen LogP contribution in [0.1, 0.15) is 10.5 Å². The van der Waals surface area contributed by atoms with Crippen LogP contribution in [0.2, 0.25) is 0 Å². The Morgan fingerprint density at radius 3 is 2.82 bits per heavy atom. The molecule has 0 aliphatic rings. The van der Waals surface area contributed by atoms with Crippen molar-refractivity contribution in [2.24, 2.45) is 5.84 Å². The van der Waals surface area contributed by atoms with Crippen LogP contribution in [0.25, 0.3) is 5.69 Å². The first-order chi connectivity index (χ1) is 8.13. The number of nitrogens with one attached hydrogen (secondary N) is 1. The molecule has 17 heavy (non-hydrogen) atoms. The van der Waals surface area contributed by atoms with Crippen LogP contribution >= 0.6 is 15.9 Å². The number of hydrogen-bond donors (Lipinski definition) is 2. The first kappa shape index (κ1) is 11.8. The van der Waals surface area contributed by atoms with Crippen molar-refractivity contribution in [1.82, 2.24) is 9.99 Å². The molecule has 0 saturated carbocycles. The summed E-state index contributed by atoms with van der Waals surface area (Å²) >= 11 is 3.25. The van der Waals surface area contributed by atoms with Crippen LogP contribution < -0.4 is 11.3 Å². The largest absolute Gasteiger partial charge is 0.311 e. The summed E-state index contributed by atoms with van der Waals surface area (Å²) in [5, 5.41) is 0. The molecule has 0 fully saturated rings. The summed E-state index contributed by atoms with van der Waals surface area (Å²) in [4.78, 5) is 11.5. The molecule has 0 atom stereocenters. The van der Waals surface area contributed by atoms with Crippen molar-refractivity contribution in [3.05, 3.63) is 52.5 Å². The molecule has 0 saturated heterocycles. The Morgan fingerprint density at radius 2 is 2.18 bits per heavy atom. The number of nitrogen functional groups attached to an aromatic ring is 1.